The van der Waals surface area contributed by atoms with Crippen LogP contribution in [0, 0.1) is 11.6 Å². The lowest BCUT2D eigenvalue weighted by molar-refractivity contribution is -0.113. The van der Waals surface area contributed by atoms with E-state index in [1.165, 1.54) is 40.8 Å². The van der Waals surface area contributed by atoms with E-state index in [0.717, 1.165) is 17.7 Å². The Bertz CT molecular complexity index is 1080. The van der Waals surface area contributed by atoms with Crippen molar-refractivity contribution >= 4 is 29.5 Å². The maximum absolute atomic E-state index is 14.2. The molecule has 3 aromatic rings. The Labute approximate surface area is 162 Å². The number of carbonyl (C=O) groups excluding carboxylic acids is 1. The van der Waals surface area contributed by atoms with Gasteiger partial charge in [-0.25, -0.2) is 18.3 Å². The molecule has 1 amide bonds. The molecule has 142 valence electrons. The summed E-state index contributed by atoms with van der Waals surface area (Å²) in [5.41, 5.74) is 1.59. The number of hydrogen-bond donors (Lipinski definition) is 2. The number of halogens is 2. The maximum Gasteiger partial charge on any atom is 0.335 e. The van der Waals surface area contributed by atoms with Crippen LogP contribution in [-0.2, 0) is 4.79 Å². The molecule has 0 bridgehead atoms. The zero-order valence-corrected chi connectivity index (χ0v) is 15.0. The fraction of sp³-hybridized carbons (Fsp3) is 0.105. The Morgan fingerprint density at radius 1 is 1.21 bits per heavy atom. The molecule has 9 heteroatoms. The minimum absolute atomic E-state index is 0.00910. The van der Waals surface area contributed by atoms with Gasteiger partial charge in [-0.3, -0.25) is 4.79 Å². The normalized spacial score (nSPS) is 16.2. The van der Waals surface area contributed by atoms with Gasteiger partial charge >= 0.3 is 5.97 Å². The number of carboxylic acid groups (broad SMARTS) is 1. The second-order valence-electron chi connectivity index (χ2n) is 6.12. The largest absolute Gasteiger partial charge is 0.478 e. The van der Waals surface area contributed by atoms with Crippen LogP contribution >= 0.6 is 11.8 Å². The van der Waals surface area contributed by atoms with Gasteiger partial charge in [0, 0.05) is 11.6 Å². The lowest BCUT2D eigenvalue weighted by Crippen LogP contribution is -2.16. The molecule has 2 N–H and O–H groups in total. The van der Waals surface area contributed by atoms with Crippen LogP contribution in [0.4, 0.5) is 14.6 Å². The summed E-state index contributed by atoms with van der Waals surface area (Å²) in [6.45, 7) is 0. The minimum atomic E-state index is -1.03. The summed E-state index contributed by atoms with van der Waals surface area (Å²) in [5.74, 6) is -2.37. The molecule has 0 radical (unpaired) electrons. The number of hydrogen-bond acceptors (Lipinski definition) is 4. The van der Waals surface area contributed by atoms with E-state index >= 15 is 0 Å². The third kappa shape index (κ3) is 3.24. The number of amides is 1. The number of benzene rings is 2. The highest BCUT2D eigenvalue weighted by Crippen LogP contribution is 2.42. The number of nitrogens with one attached hydrogen (secondary N) is 1. The number of fused-ring (bicyclic) bond motifs is 1. The SMILES string of the molecule is O=C1CSC(c2ccc(C(=O)O)cc2)c2cnn(-c3ccc(F)cc3F)c2N1. The molecule has 0 saturated carbocycles. The average Bonchev–Trinajstić information content (AvgIpc) is 2.97. The van der Waals surface area contributed by atoms with Crippen molar-refractivity contribution in [1.29, 1.82) is 0 Å². The van der Waals surface area contributed by atoms with Gasteiger partial charge in [0.15, 0.2) is 5.82 Å². The van der Waals surface area contributed by atoms with E-state index in [1.807, 2.05) is 0 Å². The molecular formula is C19H13F2N3O3S. The number of carbonyl (C=O) groups is 2. The average molecular weight is 401 g/mol. The van der Waals surface area contributed by atoms with E-state index < -0.39 is 17.6 Å². The van der Waals surface area contributed by atoms with E-state index in [0.29, 0.717) is 11.4 Å². The molecule has 2 aromatic carbocycles. The van der Waals surface area contributed by atoms with Crippen molar-refractivity contribution in [3.05, 3.63) is 77.0 Å². The predicted octanol–water partition coefficient (Wildman–Crippen LogP) is 3.62. The van der Waals surface area contributed by atoms with Crippen LogP contribution in [0.3, 0.4) is 0 Å². The Kier molecular flexibility index (Phi) is 4.60. The van der Waals surface area contributed by atoms with Gasteiger partial charge in [-0.1, -0.05) is 12.1 Å². The molecule has 0 fully saturated rings. The van der Waals surface area contributed by atoms with Gasteiger partial charge in [0.25, 0.3) is 0 Å². The van der Waals surface area contributed by atoms with Crippen molar-refractivity contribution in [2.24, 2.45) is 0 Å². The molecule has 6 nitrogen and oxygen atoms in total. The maximum atomic E-state index is 14.2. The number of aromatic nitrogens is 2. The van der Waals surface area contributed by atoms with Crippen molar-refractivity contribution in [3.8, 4) is 5.69 Å². The second kappa shape index (κ2) is 7.08. The summed E-state index contributed by atoms with van der Waals surface area (Å²) in [4.78, 5) is 23.2. The van der Waals surface area contributed by atoms with Gasteiger partial charge < -0.3 is 10.4 Å². The first-order chi connectivity index (χ1) is 13.4. The quantitative estimate of drug-likeness (QED) is 0.700. The highest BCUT2D eigenvalue weighted by molar-refractivity contribution is 8.00. The van der Waals surface area contributed by atoms with Crippen molar-refractivity contribution in [2.45, 2.75) is 5.25 Å². The van der Waals surface area contributed by atoms with Gasteiger partial charge in [-0.2, -0.15) is 5.10 Å². The van der Waals surface area contributed by atoms with E-state index in [-0.39, 0.29) is 28.2 Å². The molecule has 0 spiro atoms. The molecule has 1 aromatic heterocycles. The summed E-state index contributed by atoms with van der Waals surface area (Å²) in [6.07, 6.45) is 1.52. The molecule has 1 aliphatic heterocycles. The van der Waals surface area contributed by atoms with E-state index in [4.69, 9.17) is 5.11 Å². The number of carboxylic acids is 1. The topological polar surface area (TPSA) is 84.2 Å². The fourth-order valence-corrected chi connectivity index (χ4v) is 4.10. The van der Waals surface area contributed by atoms with Crippen LogP contribution in [0.1, 0.15) is 26.7 Å². The van der Waals surface area contributed by atoms with Gasteiger partial charge in [0.2, 0.25) is 5.91 Å². The Hall–Kier alpha value is -3.20. The van der Waals surface area contributed by atoms with Gasteiger partial charge in [-0.05, 0) is 29.8 Å². The van der Waals surface area contributed by atoms with Crippen LogP contribution in [0.15, 0.2) is 48.7 Å². The number of rotatable bonds is 3. The molecule has 2 heterocycles. The summed E-state index contributed by atoms with van der Waals surface area (Å²) in [5, 5.41) is 15.7. The minimum Gasteiger partial charge on any atom is -0.478 e. The summed E-state index contributed by atoms with van der Waals surface area (Å²) in [6, 6.07) is 9.44. The zero-order valence-electron chi connectivity index (χ0n) is 14.2. The van der Waals surface area contributed by atoms with Gasteiger partial charge in [0.05, 0.1) is 22.8 Å². The predicted molar refractivity (Wildman–Crippen MR) is 99.8 cm³/mol. The number of thioether (sulfide) groups is 1. The van der Waals surface area contributed by atoms with Gasteiger partial charge in [0.1, 0.15) is 17.3 Å². The Balaban J connectivity index is 1.80. The van der Waals surface area contributed by atoms with Crippen LogP contribution < -0.4 is 5.32 Å². The third-order valence-electron chi connectivity index (χ3n) is 4.32. The van der Waals surface area contributed by atoms with Crippen molar-refractivity contribution in [2.75, 3.05) is 11.1 Å². The van der Waals surface area contributed by atoms with Crippen LogP contribution in [0.5, 0.6) is 0 Å². The first-order valence-corrected chi connectivity index (χ1v) is 9.27. The molecule has 28 heavy (non-hydrogen) atoms. The molecule has 1 atom stereocenters. The summed E-state index contributed by atoms with van der Waals surface area (Å²) >= 11 is 1.35. The van der Waals surface area contributed by atoms with Crippen molar-refractivity contribution in [1.82, 2.24) is 9.78 Å². The van der Waals surface area contributed by atoms with Crippen LogP contribution in [0.2, 0.25) is 0 Å². The first kappa shape index (κ1) is 18.2. The van der Waals surface area contributed by atoms with Crippen LogP contribution in [-0.4, -0.2) is 32.5 Å². The second-order valence-corrected chi connectivity index (χ2v) is 7.22. The number of aromatic carboxylic acids is 1. The molecule has 1 aliphatic rings. The lowest BCUT2D eigenvalue weighted by atomic mass is 10.0. The van der Waals surface area contributed by atoms with Crippen molar-refractivity contribution < 1.29 is 23.5 Å². The first-order valence-electron chi connectivity index (χ1n) is 8.22. The van der Waals surface area contributed by atoms with E-state index in [9.17, 15) is 18.4 Å². The number of nitrogens with zero attached hydrogens (tertiary/aromatic N) is 2. The smallest absolute Gasteiger partial charge is 0.335 e. The molecule has 0 saturated heterocycles. The molecule has 1 unspecified atom stereocenters. The number of anilines is 1. The third-order valence-corrected chi connectivity index (χ3v) is 5.61. The molecular weight excluding hydrogens is 388 g/mol. The van der Waals surface area contributed by atoms with E-state index in [1.54, 1.807) is 12.1 Å². The highest BCUT2D eigenvalue weighted by Gasteiger charge is 2.29. The lowest BCUT2D eigenvalue weighted by Gasteiger charge is -2.14. The fourth-order valence-electron chi connectivity index (χ4n) is 3.01. The summed E-state index contributed by atoms with van der Waals surface area (Å²) in [7, 11) is 0. The zero-order chi connectivity index (χ0) is 19.8. The Morgan fingerprint density at radius 3 is 2.64 bits per heavy atom. The Morgan fingerprint density at radius 2 is 1.96 bits per heavy atom. The monoisotopic (exact) mass is 401 g/mol. The molecule has 0 aliphatic carbocycles. The standard InChI is InChI=1S/C19H13F2N3O3S/c20-12-5-6-15(14(21)7-12)24-18-13(8-22-24)17(28-9-16(25)23-18)10-1-3-11(4-2-10)19(26)27/h1-8,17H,9H2,(H,23,25)(H,26,27). The highest BCUT2D eigenvalue weighted by atomic mass is 32.2. The van der Waals surface area contributed by atoms with Crippen molar-refractivity contribution in [3.63, 3.8) is 0 Å². The van der Waals surface area contributed by atoms with Gasteiger partial charge in [-0.15, -0.1) is 11.8 Å². The van der Waals surface area contributed by atoms with Crippen LogP contribution in [0.25, 0.3) is 5.69 Å². The molecule has 4 rings (SSSR count). The summed E-state index contributed by atoms with van der Waals surface area (Å²) < 4.78 is 28.7. The van der Waals surface area contributed by atoms with E-state index in [2.05, 4.69) is 10.4 Å².